The first-order valence-electron chi connectivity index (χ1n) is 12.5. The van der Waals surface area contributed by atoms with E-state index in [9.17, 15) is 5.11 Å². The van der Waals surface area contributed by atoms with E-state index < -0.39 is 0 Å². The third-order valence-electron chi connectivity index (χ3n) is 8.32. The molecule has 9 heteroatoms. The maximum atomic E-state index is 11.5. The van der Waals surface area contributed by atoms with E-state index in [1.165, 1.54) is 4.88 Å². The molecule has 0 amide bonds. The van der Waals surface area contributed by atoms with Gasteiger partial charge < -0.3 is 32.5 Å². The number of aliphatic hydroxyl groups is 1. The number of hydrogen-bond donors (Lipinski definition) is 5. The Labute approximate surface area is 205 Å². The van der Waals surface area contributed by atoms with E-state index in [1.54, 1.807) is 23.6 Å². The molecule has 8 N–H and O–H groups in total. The van der Waals surface area contributed by atoms with Crippen LogP contribution in [0.4, 0.5) is 16.6 Å². The largest absolute Gasteiger partial charge is 0.506 e. The van der Waals surface area contributed by atoms with E-state index in [0.717, 1.165) is 69.2 Å². The van der Waals surface area contributed by atoms with E-state index in [-0.39, 0.29) is 23.3 Å². The first-order valence-corrected chi connectivity index (χ1v) is 13.3. The fraction of sp³-hybridized carbons (Fsp3) is 0.600. The van der Waals surface area contributed by atoms with Gasteiger partial charge in [-0.15, -0.1) is 11.3 Å². The van der Waals surface area contributed by atoms with Gasteiger partial charge in [-0.25, -0.2) is 9.97 Å². The average molecular weight is 484 g/mol. The van der Waals surface area contributed by atoms with Crippen molar-refractivity contribution in [1.82, 2.24) is 15.3 Å². The molecule has 8 nitrogen and oxygen atoms in total. The SMILES string of the molecule is C[C@@H]1NCCCN(c2nccc(/C(O)=C3\CCC[C@@]4(CCCc5sc(N)c(N)c54)[C@@H]3N)n2)[C@H]1C. The summed E-state index contributed by atoms with van der Waals surface area (Å²) in [5.74, 6) is 0.847. The molecule has 34 heavy (non-hydrogen) atoms. The molecular formula is C25H37N7OS. The number of nitrogens with zero attached hydrogens (tertiary/aromatic N) is 3. The van der Waals surface area contributed by atoms with Crippen LogP contribution in [0.25, 0.3) is 5.76 Å². The molecule has 5 rings (SSSR count). The number of nitrogens with two attached hydrogens (primary N) is 3. The van der Waals surface area contributed by atoms with Gasteiger partial charge in [0.25, 0.3) is 0 Å². The molecule has 2 aliphatic carbocycles. The molecule has 0 unspecified atom stereocenters. The lowest BCUT2D eigenvalue weighted by Gasteiger charge is -2.47. The zero-order valence-electron chi connectivity index (χ0n) is 20.2. The molecule has 2 fully saturated rings. The standard InChI is InChI=1S/C25H37N7OS/c1-14-15(2)32(13-5-11-29-14)24-30-12-8-17(31-24)21(33)16-6-3-9-25(22(16)27)10-4-7-18-19(25)20(26)23(28)34-18/h8,12,14-15,22,29,33H,3-7,9-11,13,26-28H2,1-2H3/b21-16-/t14-,15-,22+,25-/m0/s1. The minimum atomic E-state index is -0.323. The van der Waals surface area contributed by atoms with Crippen molar-refractivity contribution in [1.29, 1.82) is 0 Å². The third kappa shape index (κ3) is 3.74. The number of thiophene rings is 1. The summed E-state index contributed by atoms with van der Waals surface area (Å²) in [5, 5.41) is 15.7. The lowest BCUT2D eigenvalue weighted by molar-refractivity contribution is 0.259. The summed E-state index contributed by atoms with van der Waals surface area (Å²) in [6, 6.07) is 2.04. The zero-order chi connectivity index (χ0) is 24.0. The Morgan fingerprint density at radius 3 is 2.76 bits per heavy atom. The topological polar surface area (TPSA) is 139 Å². The van der Waals surface area contributed by atoms with Gasteiger partial charge in [0.05, 0.1) is 5.69 Å². The van der Waals surface area contributed by atoms with E-state index in [0.29, 0.717) is 28.4 Å². The van der Waals surface area contributed by atoms with Gasteiger partial charge in [0, 0.05) is 41.2 Å². The molecule has 184 valence electrons. The Bertz CT molecular complexity index is 1100. The van der Waals surface area contributed by atoms with Crippen molar-refractivity contribution in [2.45, 2.75) is 82.3 Å². The highest BCUT2D eigenvalue weighted by molar-refractivity contribution is 7.16. The van der Waals surface area contributed by atoms with Crippen molar-refractivity contribution in [3.8, 4) is 0 Å². The molecule has 2 aromatic heterocycles. The molecule has 0 radical (unpaired) electrons. The highest BCUT2D eigenvalue weighted by Crippen LogP contribution is 2.54. The lowest BCUT2D eigenvalue weighted by atomic mass is 9.59. The maximum absolute atomic E-state index is 11.5. The van der Waals surface area contributed by atoms with Crippen molar-refractivity contribution in [2.75, 3.05) is 29.5 Å². The molecule has 3 aliphatic rings. The van der Waals surface area contributed by atoms with Crippen molar-refractivity contribution >= 4 is 33.7 Å². The summed E-state index contributed by atoms with van der Waals surface area (Å²) < 4.78 is 0. The number of aliphatic hydroxyl groups excluding tert-OH is 1. The second-order valence-electron chi connectivity index (χ2n) is 10.2. The van der Waals surface area contributed by atoms with Gasteiger partial charge >= 0.3 is 0 Å². The molecule has 4 atom stereocenters. The van der Waals surface area contributed by atoms with Crippen LogP contribution >= 0.6 is 11.3 Å². The highest BCUT2D eigenvalue weighted by Gasteiger charge is 2.48. The van der Waals surface area contributed by atoms with Crippen molar-refractivity contribution < 1.29 is 5.11 Å². The van der Waals surface area contributed by atoms with Crippen LogP contribution in [-0.2, 0) is 11.8 Å². The molecule has 1 saturated carbocycles. The fourth-order valence-corrected chi connectivity index (χ4v) is 7.42. The molecule has 1 aliphatic heterocycles. The van der Waals surface area contributed by atoms with Crippen LogP contribution in [0.3, 0.4) is 0 Å². The number of hydrogen-bond acceptors (Lipinski definition) is 9. The second kappa shape index (κ2) is 9.02. The van der Waals surface area contributed by atoms with Crippen LogP contribution in [0.2, 0.25) is 0 Å². The summed E-state index contributed by atoms with van der Waals surface area (Å²) in [6.07, 6.45) is 8.45. The van der Waals surface area contributed by atoms with Gasteiger partial charge in [0.2, 0.25) is 5.95 Å². The number of fused-ring (bicyclic) bond motifs is 2. The zero-order valence-corrected chi connectivity index (χ0v) is 21.0. The minimum Gasteiger partial charge on any atom is -0.506 e. The third-order valence-corrected chi connectivity index (χ3v) is 9.41. The van der Waals surface area contributed by atoms with E-state index >= 15 is 0 Å². The maximum Gasteiger partial charge on any atom is 0.226 e. The van der Waals surface area contributed by atoms with Gasteiger partial charge in [0.1, 0.15) is 16.5 Å². The lowest BCUT2D eigenvalue weighted by Crippen LogP contribution is -2.51. The van der Waals surface area contributed by atoms with E-state index in [4.69, 9.17) is 22.2 Å². The quantitative estimate of drug-likeness (QED) is 0.410. The number of aryl methyl sites for hydroxylation is 1. The monoisotopic (exact) mass is 483 g/mol. The first kappa shape index (κ1) is 23.4. The van der Waals surface area contributed by atoms with Crippen molar-refractivity contribution in [3.05, 3.63) is 34.0 Å². The Morgan fingerprint density at radius 1 is 1.21 bits per heavy atom. The Hall–Kier alpha value is -2.36. The Kier molecular flexibility index (Phi) is 6.20. The van der Waals surface area contributed by atoms with E-state index in [1.807, 2.05) is 0 Å². The van der Waals surface area contributed by atoms with Crippen molar-refractivity contribution in [2.24, 2.45) is 5.73 Å². The normalized spacial score (nSPS) is 31.3. The van der Waals surface area contributed by atoms with Gasteiger partial charge in [-0.1, -0.05) is 0 Å². The van der Waals surface area contributed by atoms with Crippen LogP contribution in [0.5, 0.6) is 0 Å². The van der Waals surface area contributed by atoms with Crippen LogP contribution in [0.15, 0.2) is 17.8 Å². The summed E-state index contributed by atoms with van der Waals surface area (Å²) in [6.45, 7) is 6.24. The number of aromatic nitrogens is 2. The molecular weight excluding hydrogens is 446 g/mol. The van der Waals surface area contributed by atoms with Gasteiger partial charge in [-0.05, 0) is 82.5 Å². The molecule has 0 bridgehead atoms. The van der Waals surface area contributed by atoms with Gasteiger partial charge in [0.15, 0.2) is 0 Å². The van der Waals surface area contributed by atoms with Gasteiger partial charge in [-0.3, -0.25) is 0 Å². The molecule has 2 aromatic rings. The highest BCUT2D eigenvalue weighted by atomic mass is 32.1. The summed E-state index contributed by atoms with van der Waals surface area (Å²) >= 11 is 1.60. The van der Waals surface area contributed by atoms with Crippen LogP contribution < -0.4 is 27.4 Å². The number of nitrogens with one attached hydrogen (secondary N) is 1. The second-order valence-corrected chi connectivity index (χ2v) is 11.3. The van der Waals surface area contributed by atoms with E-state index in [2.05, 4.69) is 29.0 Å². The Balaban J connectivity index is 1.52. The van der Waals surface area contributed by atoms with Crippen molar-refractivity contribution in [3.63, 3.8) is 0 Å². The summed E-state index contributed by atoms with van der Waals surface area (Å²) in [5.41, 5.74) is 22.7. The summed E-state index contributed by atoms with van der Waals surface area (Å²) in [4.78, 5) is 12.9. The van der Waals surface area contributed by atoms with Gasteiger partial charge in [-0.2, -0.15) is 0 Å². The summed E-state index contributed by atoms with van der Waals surface area (Å²) in [7, 11) is 0. The Morgan fingerprint density at radius 2 is 1.97 bits per heavy atom. The predicted molar refractivity (Wildman–Crippen MR) is 140 cm³/mol. The first-order chi connectivity index (χ1) is 16.3. The minimum absolute atomic E-state index is 0.192. The molecule has 1 spiro atoms. The smallest absolute Gasteiger partial charge is 0.226 e. The van der Waals surface area contributed by atoms with Crippen LogP contribution in [0.1, 0.15) is 68.5 Å². The molecule has 3 heterocycles. The molecule has 0 aromatic carbocycles. The fourth-order valence-electron chi connectivity index (χ4n) is 6.28. The average Bonchev–Trinajstić information content (AvgIpc) is 3.03. The molecule has 1 saturated heterocycles. The van der Waals surface area contributed by atoms with Crippen LogP contribution in [-0.4, -0.2) is 46.3 Å². The number of anilines is 3. The number of rotatable bonds is 2. The predicted octanol–water partition coefficient (Wildman–Crippen LogP) is 3.33. The number of nitrogen functional groups attached to an aromatic ring is 2. The van der Waals surface area contributed by atoms with Crippen LogP contribution in [0, 0.1) is 0 Å².